The standard InChI is InChI=1S/C12H12BrNO2S2/c13-8-10-3-5-11(6-4-10)9-14-18(15,16)12-2-1-7-17-12/h1-7,14H,8-9H2. The first-order valence-electron chi connectivity index (χ1n) is 5.29. The fourth-order valence-corrected chi connectivity index (χ4v) is 3.84. The Hall–Kier alpha value is -0.690. The average Bonchev–Trinajstić information content (AvgIpc) is 2.92. The highest BCUT2D eigenvalue weighted by molar-refractivity contribution is 9.08. The smallest absolute Gasteiger partial charge is 0.206 e. The summed E-state index contributed by atoms with van der Waals surface area (Å²) in [6.45, 7) is 0.308. The molecular weight excluding hydrogens is 334 g/mol. The lowest BCUT2D eigenvalue weighted by Gasteiger charge is -2.05. The van der Waals surface area contributed by atoms with Gasteiger partial charge in [-0.1, -0.05) is 46.3 Å². The number of halogens is 1. The van der Waals surface area contributed by atoms with E-state index in [9.17, 15) is 8.42 Å². The van der Waals surface area contributed by atoms with E-state index in [4.69, 9.17) is 0 Å². The minimum atomic E-state index is -3.37. The van der Waals surface area contributed by atoms with E-state index in [1.807, 2.05) is 24.3 Å². The zero-order valence-electron chi connectivity index (χ0n) is 9.47. The topological polar surface area (TPSA) is 46.2 Å². The van der Waals surface area contributed by atoms with Gasteiger partial charge in [-0.2, -0.15) is 0 Å². The van der Waals surface area contributed by atoms with Crippen molar-refractivity contribution >= 4 is 37.3 Å². The fraction of sp³-hybridized carbons (Fsp3) is 0.167. The largest absolute Gasteiger partial charge is 0.250 e. The summed E-state index contributed by atoms with van der Waals surface area (Å²) in [5.41, 5.74) is 2.11. The Morgan fingerprint density at radius 3 is 2.33 bits per heavy atom. The molecule has 0 atom stereocenters. The number of sulfonamides is 1. The number of nitrogens with one attached hydrogen (secondary N) is 1. The van der Waals surface area contributed by atoms with Gasteiger partial charge in [0.05, 0.1) is 0 Å². The van der Waals surface area contributed by atoms with Crippen molar-refractivity contribution in [1.29, 1.82) is 0 Å². The maximum atomic E-state index is 11.9. The monoisotopic (exact) mass is 345 g/mol. The van der Waals surface area contributed by atoms with Crippen molar-refractivity contribution in [3.05, 3.63) is 52.9 Å². The zero-order chi connectivity index (χ0) is 13.0. The Bertz CT molecular complexity index is 592. The molecule has 2 aromatic rings. The van der Waals surface area contributed by atoms with Gasteiger partial charge in [0.15, 0.2) is 0 Å². The van der Waals surface area contributed by atoms with Crippen molar-refractivity contribution < 1.29 is 8.42 Å². The van der Waals surface area contributed by atoms with Crippen LogP contribution in [-0.2, 0) is 21.9 Å². The number of thiophene rings is 1. The van der Waals surface area contributed by atoms with Crippen LogP contribution in [0.15, 0.2) is 46.0 Å². The predicted molar refractivity (Wildman–Crippen MR) is 77.4 cm³/mol. The van der Waals surface area contributed by atoms with Crippen molar-refractivity contribution in [3.63, 3.8) is 0 Å². The molecule has 0 saturated carbocycles. The van der Waals surface area contributed by atoms with E-state index in [2.05, 4.69) is 20.7 Å². The highest BCUT2D eigenvalue weighted by Crippen LogP contribution is 2.16. The molecule has 0 radical (unpaired) electrons. The molecule has 0 aliphatic heterocycles. The van der Waals surface area contributed by atoms with Gasteiger partial charge in [-0.05, 0) is 22.6 Å². The van der Waals surface area contributed by atoms with Crippen LogP contribution in [0.1, 0.15) is 11.1 Å². The average molecular weight is 346 g/mol. The van der Waals surface area contributed by atoms with E-state index >= 15 is 0 Å². The summed E-state index contributed by atoms with van der Waals surface area (Å²) < 4.78 is 26.7. The van der Waals surface area contributed by atoms with Crippen LogP contribution in [-0.4, -0.2) is 8.42 Å². The Morgan fingerprint density at radius 2 is 1.78 bits per heavy atom. The highest BCUT2D eigenvalue weighted by Gasteiger charge is 2.14. The molecule has 1 heterocycles. The van der Waals surface area contributed by atoms with Gasteiger partial charge in [-0.3, -0.25) is 0 Å². The van der Waals surface area contributed by atoms with Gasteiger partial charge in [-0.25, -0.2) is 13.1 Å². The SMILES string of the molecule is O=S(=O)(NCc1ccc(CBr)cc1)c1cccs1. The molecule has 0 unspecified atom stereocenters. The van der Waals surface area contributed by atoms with E-state index in [0.717, 1.165) is 10.9 Å². The molecule has 3 nitrogen and oxygen atoms in total. The zero-order valence-corrected chi connectivity index (χ0v) is 12.7. The first-order valence-corrected chi connectivity index (χ1v) is 8.77. The summed E-state index contributed by atoms with van der Waals surface area (Å²) in [7, 11) is -3.37. The first kappa shape index (κ1) is 13.7. The lowest BCUT2D eigenvalue weighted by molar-refractivity contribution is 0.583. The number of benzene rings is 1. The van der Waals surface area contributed by atoms with Crippen molar-refractivity contribution in [2.24, 2.45) is 0 Å². The number of hydrogen-bond acceptors (Lipinski definition) is 3. The van der Waals surface area contributed by atoms with Crippen molar-refractivity contribution in [1.82, 2.24) is 4.72 Å². The molecule has 0 fully saturated rings. The van der Waals surface area contributed by atoms with Gasteiger partial charge in [0.25, 0.3) is 0 Å². The molecule has 1 aromatic heterocycles. The van der Waals surface area contributed by atoms with Gasteiger partial charge < -0.3 is 0 Å². The van der Waals surface area contributed by atoms with Crippen LogP contribution in [0, 0.1) is 0 Å². The second kappa shape index (κ2) is 5.97. The lowest BCUT2D eigenvalue weighted by Crippen LogP contribution is -2.22. The Morgan fingerprint density at radius 1 is 1.11 bits per heavy atom. The van der Waals surface area contributed by atoms with Crippen LogP contribution in [0.5, 0.6) is 0 Å². The van der Waals surface area contributed by atoms with Gasteiger partial charge >= 0.3 is 0 Å². The fourth-order valence-electron chi connectivity index (χ4n) is 1.41. The van der Waals surface area contributed by atoms with Crippen LogP contribution < -0.4 is 4.72 Å². The molecule has 96 valence electrons. The van der Waals surface area contributed by atoms with E-state index in [1.165, 1.54) is 16.9 Å². The van der Waals surface area contributed by atoms with Crippen LogP contribution in [0.25, 0.3) is 0 Å². The third kappa shape index (κ3) is 3.41. The van der Waals surface area contributed by atoms with Crippen molar-refractivity contribution in [2.45, 2.75) is 16.1 Å². The Labute approximate surface area is 119 Å². The summed E-state index contributed by atoms with van der Waals surface area (Å²) in [4.78, 5) is 0. The second-order valence-electron chi connectivity index (χ2n) is 3.71. The third-order valence-corrected chi connectivity index (χ3v) is 5.85. The minimum absolute atomic E-state index is 0.308. The molecule has 6 heteroatoms. The second-order valence-corrected chi connectivity index (χ2v) is 7.21. The van der Waals surface area contributed by atoms with Gasteiger partial charge in [-0.15, -0.1) is 11.3 Å². The molecule has 1 aromatic carbocycles. The molecule has 18 heavy (non-hydrogen) atoms. The number of rotatable bonds is 5. The minimum Gasteiger partial charge on any atom is -0.206 e. The molecule has 1 N–H and O–H groups in total. The van der Waals surface area contributed by atoms with Gasteiger partial charge in [0.2, 0.25) is 10.0 Å². The molecule has 0 saturated heterocycles. The summed E-state index contributed by atoms with van der Waals surface area (Å²) in [6.07, 6.45) is 0. The van der Waals surface area contributed by atoms with Gasteiger partial charge in [0, 0.05) is 11.9 Å². The van der Waals surface area contributed by atoms with E-state index < -0.39 is 10.0 Å². The third-order valence-electron chi connectivity index (χ3n) is 2.40. The molecule has 0 bridgehead atoms. The number of alkyl halides is 1. The van der Waals surface area contributed by atoms with E-state index in [0.29, 0.717) is 10.8 Å². The summed E-state index contributed by atoms with van der Waals surface area (Å²) in [5.74, 6) is 0. The predicted octanol–water partition coefficient (Wildman–Crippen LogP) is 3.12. The Kier molecular flexibility index (Phi) is 4.55. The first-order chi connectivity index (χ1) is 8.62. The molecule has 2 rings (SSSR count). The van der Waals surface area contributed by atoms with E-state index in [-0.39, 0.29) is 0 Å². The quantitative estimate of drug-likeness (QED) is 0.846. The van der Waals surface area contributed by atoms with Crippen molar-refractivity contribution in [2.75, 3.05) is 0 Å². The van der Waals surface area contributed by atoms with Crippen LogP contribution in [0.2, 0.25) is 0 Å². The summed E-state index contributed by atoms with van der Waals surface area (Å²) in [6, 6.07) is 11.1. The summed E-state index contributed by atoms with van der Waals surface area (Å²) in [5, 5.41) is 2.55. The van der Waals surface area contributed by atoms with E-state index in [1.54, 1.807) is 17.5 Å². The Balaban J connectivity index is 2.03. The van der Waals surface area contributed by atoms with Crippen LogP contribution >= 0.6 is 27.3 Å². The maximum absolute atomic E-state index is 11.9. The normalized spacial score (nSPS) is 11.6. The molecule has 0 spiro atoms. The summed E-state index contributed by atoms with van der Waals surface area (Å²) >= 11 is 4.58. The highest BCUT2D eigenvalue weighted by atomic mass is 79.9. The van der Waals surface area contributed by atoms with Crippen LogP contribution in [0.3, 0.4) is 0 Å². The molecule has 0 aliphatic carbocycles. The molecule has 0 amide bonds. The molecular formula is C12H12BrNO2S2. The van der Waals surface area contributed by atoms with Crippen LogP contribution in [0.4, 0.5) is 0 Å². The van der Waals surface area contributed by atoms with Gasteiger partial charge in [0.1, 0.15) is 4.21 Å². The number of hydrogen-bond donors (Lipinski definition) is 1. The maximum Gasteiger partial charge on any atom is 0.250 e. The molecule has 0 aliphatic rings. The lowest BCUT2D eigenvalue weighted by atomic mass is 10.2. The van der Waals surface area contributed by atoms with Crippen molar-refractivity contribution in [3.8, 4) is 0 Å².